The van der Waals surface area contributed by atoms with Gasteiger partial charge in [-0.25, -0.2) is 0 Å². The van der Waals surface area contributed by atoms with Crippen molar-refractivity contribution in [3.63, 3.8) is 0 Å². The lowest BCUT2D eigenvalue weighted by Gasteiger charge is -2.36. The summed E-state index contributed by atoms with van der Waals surface area (Å²) in [7, 11) is 0. The fraction of sp³-hybridized carbons (Fsp3) is 0.778. The molecule has 1 fully saturated rings. The zero-order valence-corrected chi connectivity index (χ0v) is 13.4. The first-order valence-corrected chi connectivity index (χ1v) is 8.43. The Morgan fingerprint density at radius 1 is 1.35 bits per heavy atom. The van der Waals surface area contributed by atoms with E-state index >= 15 is 0 Å². The second kappa shape index (κ2) is 7.87. The molecule has 1 N–H and O–H groups in total. The van der Waals surface area contributed by atoms with Crippen LogP contribution in [0.3, 0.4) is 0 Å². The highest BCUT2D eigenvalue weighted by Crippen LogP contribution is 2.42. The molecule has 1 aromatic heterocycles. The Labute approximate surface area is 124 Å². The largest absolute Gasteiger partial charge is 0.472 e. The predicted molar refractivity (Wildman–Crippen MR) is 84.9 cm³/mol. The summed E-state index contributed by atoms with van der Waals surface area (Å²) < 4.78 is 5.33. The SMILES string of the molecule is CCCC1CCC(CNCC(C)C)C(c2ccoc2)C1. The van der Waals surface area contributed by atoms with Crippen LogP contribution < -0.4 is 5.32 Å². The van der Waals surface area contributed by atoms with Gasteiger partial charge in [-0.2, -0.15) is 0 Å². The van der Waals surface area contributed by atoms with E-state index in [4.69, 9.17) is 4.42 Å². The molecule has 1 aliphatic carbocycles. The van der Waals surface area contributed by atoms with Crippen LogP contribution in [0.4, 0.5) is 0 Å². The van der Waals surface area contributed by atoms with Crippen molar-refractivity contribution >= 4 is 0 Å². The van der Waals surface area contributed by atoms with E-state index in [1.165, 1.54) is 37.7 Å². The summed E-state index contributed by atoms with van der Waals surface area (Å²) in [6, 6.07) is 2.18. The minimum Gasteiger partial charge on any atom is -0.472 e. The number of hydrogen-bond acceptors (Lipinski definition) is 2. The van der Waals surface area contributed by atoms with Crippen molar-refractivity contribution in [3.05, 3.63) is 24.2 Å². The van der Waals surface area contributed by atoms with E-state index in [1.54, 1.807) is 0 Å². The van der Waals surface area contributed by atoms with Gasteiger partial charge in [-0.05, 0) is 61.2 Å². The Hall–Kier alpha value is -0.760. The molecular weight excluding hydrogens is 246 g/mol. The first-order chi connectivity index (χ1) is 9.70. The molecule has 1 aromatic rings. The van der Waals surface area contributed by atoms with E-state index in [0.717, 1.165) is 30.8 Å². The molecule has 0 amide bonds. The fourth-order valence-electron chi connectivity index (χ4n) is 3.69. The molecule has 20 heavy (non-hydrogen) atoms. The van der Waals surface area contributed by atoms with Crippen LogP contribution in [-0.4, -0.2) is 13.1 Å². The van der Waals surface area contributed by atoms with Crippen LogP contribution in [0.2, 0.25) is 0 Å². The van der Waals surface area contributed by atoms with E-state index < -0.39 is 0 Å². The Bertz CT molecular complexity index is 358. The van der Waals surface area contributed by atoms with Gasteiger partial charge in [0, 0.05) is 0 Å². The van der Waals surface area contributed by atoms with Crippen molar-refractivity contribution in [1.29, 1.82) is 0 Å². The summed E-state index contributed by atoms with van der Waals surface area (Å²) in [5.41, 5.74) is 1.42. The van der Waals surface area contributed by atoms with Gasteiger partial charge in [-0.1, -0.05) is 40.0 Å². The van der Waals surface area contributed by atoms with Crippen LogP contribution in [-0.2, 0) is 0 Å². The molecule has 1 heterocycles. The van der Waals surface area contributed by atoms with Crippen molar-refractivity contribution in [2.24, 2.45) is 17.8 Å². The monoisotopic (exact) mass is 277 g/mol. The molecule has 3 unspecified atom stereocenters. The van der Waals surface area contributed by atoms with Gasteiger partial charge in [-0.3, -0.25) is 0 Å². The highest BCUT2D eigenvalue weighted by molar-refractivity contribution is 5.15. The number of rotatable bonds is 7. The van der Waals surface area contributed by atoms with Gasteiger partial charge >= 0.3 is 0 Å². The normalized spacial score (nSPS) is 27.1. The van der Waals surface area contributed by atoms with Crippen LogP contribution in [0.1, 0.15) is 64.4 Å². The van der Waals surface area contributed by atoms with Gasteiger partial charge in [0.2, 0.25) is 0 Å². The van der Waals surface area contributed by atoms with Crippen LogP contribution in [0, 0.1) is 17.8 Å². The van der Waals surface area contributed by atoms with Crippen LogP contribution in [0.25, 0.3) is 0 Å². The molecule has 0 radical (unpaired) electrons. The van der Waals surface area contributed by atoms with Crippen molar-refractivity contribution in [2.75, 3.05) is 13.1 Å². The molecular formula is C18H31NO. The summed E-state index contributed by atoms with van der Waals surface area (Å²) >= 11 is 0. The van der Waals surface area contributed by atoms with E-state index in [1.807, 2.05) is 12.5 Å². The van der Waals surface area contributed by atoms with Crippen LogP contribution >= 0.6 is 0 Å². The average molecular weight is 277 g/mol. The maximum Gasteiger partial charge on any atom is 0.0937 e. The van der Waals surface area contributed by atoms with Gasteiger partial charge in [0.1, 0.15) is 0 Å². The lowest BCUT2D eigenvalue weighted by Crippen LogP contribution is -2.33. The maximum absolute atomic E-state index is 5.33. The molecule has 0 aromatic carbocycles. The highest BCUT2D eigenvalue weighted by atomic mass is 16.3. The number of hydrogen-bond donors (Lipinski definition) is 1. The molecule has 2 nitrogen and oxygen atoms in total. The summed E-state index contributed by atoms with van der Waals surface area (Å²) in [5, 5.41) is 3.66. The smallest absolute Gasteiger partial charge is 0.0937 e. The Balaban J connectivity index is 1.94. The zero-order valence-electron chi connectivity index (χ0n) is 13.4. The third kappa shape index (κ3) is 4.37. The van der Waals surface area contributed by atoms with Crippen molar-refractivity contribution in [2.45, 2.75) is 58.8 Å². The standard InChI is InChI=1S/C18H31NO/c1-4-5-15-6-7-16(12-19-11-14(2)3)18(10-15)17-8-9-20-13-17/h8-9,13-16,18-19H,4-7,10-12H2,1-3H3. The third-order valence-electron chi connectivity index (χ3n) is 4.73. The Morgan fingerprint density at radius 2 is 2.20 bits per heavy atom. The Morgan fingerprint density at radius 3 is 2.85 bits per heavy atom. The molecule has 0 aliphatic heterocycles. The van der Waals surface area contributed by atoms with Crippen LogP contribution in [0.5, 0.6) is 0 Å². The van der Waals surface area contributed by atoms with Gasteiger partial charge in [0.15, 0.2) is 0 Å². The third-order valence-corrected chi connectivity index (χ3v) is 4.73. The van der Waals surface area contributed by atoms with Crippen molar-refractivity contribution in [1.82, 2.24) is 5.32 Å². The van der Waals surface area contributed by atoms with Crippen LogP contribution in [0.15, 0.2) is 23.0 Å². The molecule has 2 heteroatoms. The molecule has 1 aliphatic rings. The Kier molecular flexibility index (Phi) is 6.15. The summed E-state index contributed by atoms with van der Waals surface area (Å²) in [4.78, 5) is 0. The quantitative estimate of drug-likeness (QED) is 0.772. The van der Waals surface area contributed by atoms with Gasteiger partial charge < -0.3 is 9.73 Å². The molecule has 3 atom stereocenters. The summed E-state index contributed by atoms with van der Waals surface area (Å²) in [5.74, 6) is 3.12. The van der Waals surface area contributed by atoms with E-state index in [2.05, 4.69) is 32.2 Å². The minimum absolute atomic E-state index is 0.693. The predicted octanol–water partition coefficient (Wildman–Crippen LogP) is 4.83. The van der Waals surface area contributed by atoms with Gasteiger partial charge in [0.25, 0.3) is 0 Å². The lowest BCUT2D eigenvalue weighted by molar-refractivity contribution is 0.218. The van der Waals surface area contributed by atoms with Crippen molar-refractivity contribution < 1.29 is 4.42 Å². The molecule has 2 rings (SSSR count). The summed E-state index contributed by atoms with van der Waals surface area (Å²) in [6.45, 7) is 9.15. The minimum atomic E-state index is 0.693. The first-order valence-electron chi connectivity index (χ1n) is 8.43. The van der Waals surface area contributed by atoms with E-state index in [-0.39, 0.29) is 0 Å². The molecule has 0 bridgehead atoms. The number of nitrogens with one attached hydrogen (secondary N) is 1. The topological polar surface area (TPSA) is 25.2 Å². The second-order valence-corrected chi connectivity index (χ2v) is 6.94. The average Bonchev–Trinajstić information content (AvgIpc) is 2.94. The second-order valence-electron chi connectivity index (χ2n) is 6.94. The maximum atomic E-state index is 5.33. The summed E-state index contributed by atoms with van der Waals surface area (Å²) in [6.07, 6.45) is 10.6. The molecule has 0 spiro atoms. The van der Waals surface area contributed by atoms with Gasteiger partial charge in [-0.15, -0.1) is 0 Å². The lowest BCUT2D eigenvalue weighted by atomic mass is 9.70. The fourth-order valence-corrected chi connectivity index (χ4v) is 3.69. The van der Waals surface area contributed by atoms with E-state index in [9.17, 15) is 0 Å². The zero-order chi connectivity index (χ0) is 14.4. The van der Waals surface area contributed by atoms with Gasteiger partial charge in [0.05, 0.1) is 12.5 Å². The highest BCUT2D eigenvalue weighted by Gasteiger charge is 2.31. The van der Waals surface area contributed by atoms with Crippen molar-refractivity contribution in [3.8, 4) is 0 Å². The number of furan rings is 1. The van der Waals surface area contributed by atoms with E-state index in [0.29, 0.717) is 5.92 Å². The molecule has 0 saturated heterocycles. The first kappa shape index (κ1) is 15.6. The molecule has 114 valence electrons. The molecule has 1 saturated carbocycles.